The van der Waals surface area contributed by atoms with E-state index in [-0.39, 0.29) is 18.5 Å². The average molecular weight is 361 g/mol. The molecule has 1 aromatic rings. The summed E-state index contributed by atoms with van der Waals surface area (Å²) in [5.41, 5.74) is 3.57. The maximum absolute atomic E-state index is 14.2. The van der Waals surface area contributed by atoms with Crippen LogP contribution < -0.4 is 17.0 Å². The second kappa shape index (κ2) is 7.44. The molecule has 5 N–H and O–H groups in total. The highest BCUT2D eigenvalue weighted by Crippen LogP contribution is 2.33. The first-order valence-electron chi connectivity index (χ1n) is 7.56. The number of ether oxygens (including phenoxy) is 1. The van der Waals surface area contributed by atoms with Crippen LogP contribution in [0.1, 0.15) is 18.1 Å². The molecule has 25 heavy (non-hydrogen) atoms. The molecule has 2 heterocycles. The Morgan fingerprint density at radius 3 is 2.64 bits per heavy atom. The number of rotatable bonds is 6. The van der Waals surface area contributed by atoms with E-state index in [1.54, 1.807) is 0 Å². The van der Waals surface area contributed by atoms with Gasteiger partial charge in [0.1, 0.15) is 24.4 Å². The van der Waals surface area contributed by atoms with Crippen LogP contribution in [0.2, 0.25) is 0 Å². The Morgan fingerprint density at radius 1 is 1.48 bits per heavy atom. The van der Waals surface area contributed by atoms with Gasteiger partial charge in [0.25, 0.3) is 5.56 Å². The summed E-state index contributed by atoms with van der Waals surface area (Å²) in [7, 11) is 1.33. The van der Waals surface area contributed by atoms with Crippen LogP contribution in [-0.2, 0) is 23.1 Å². The minimum atomic E-state index is -1.96. The van der Waals surface area contributed by atoms with E-state index in [9.17, 15) is 23.9 Å². The summed E-state index contributed by atoms with van der Waals surface area (Å²) in [6, 6.07) is -1.27. The first-order valence-corrected chi connectivity index (χ1v) is 7.56. The molecule has 0 aliphatic carbocycles. The van der Waals surface area contributed by atoms with Gasteiger partial charge in [0.15, 0.2) is 6.17 Å². The summed E-state index contributed by atoms with van der Waals surface area (Å²) < 4.78 is 21.2. The van der Waals surface area contributed by atoms with Crippen molar-refractivity contribution in [1.29, 1.82) is 0 Å². The monoisotopic (exact) mass is 361 g/mol. The van der Waals surface area contributed by atoms with Crippen molar-refractivity contribution in [1.82, 2.24) is 9.13 Å². The predicted octanol–water partition coefficient (Wildman–Crippen LogP) is -2.52. The van der Waals surface area contributed by atoms with Gasteiger partial charge in [0.05, 0.1) is 12.2 Å². The SMILES string of the molecule is Cn1cc([C@@H]2O[C@H](CO)C(O)[C@@H]2F)c(=O)n(CCC(N)C(=O)O)c1=O. The van der Waals surface area contributed by atoms with Crippen LogP contribution >= 0.6 is 0 Å². The third kappa shape index (κ3) is 3.63. The molecule has 0 spiro atoms. The molecule has 10 nitrogen and oxygen atoms in total. The van der Waals surface area contributed by atoms with Crippen molar-refractivity contribution in [3.63, 3.8) is 0 Å². The lowest BCUT2D eigenvalue weighted by Crippen LogP contribution is -2.43. The Labute approximate surface area is 140 Å². The smallest absolute Gasteiger partial charge is 0.330 e. The van der Waals surface area contributed by atoms with Crippen LogP contribution in [0.25, 0.3) is 0 Å². The number of aryl methyl sites for hydroxylation is 1. The third-order valence-electron chi connectivity index (χ3n) is 4.14. The largest absolute Gasteiger partial charge is 0.480 e. The Balaban J connectivity index is 2.40. The Morgan fingerprint density at radius 2 is 2.12 bits per heavy atom. The first-order chi connectivity index (χ1) is 11.7. The zero-order valence-corrected chi connectivity index (χ0v) is 13.4. The standard InChI is InChI=1S/C14H20FN3O7/c1-17-4-6(11-9(15)10(20)8(5-19)25-11)12(21)18(14(17)24)3-2-7(16)13(22)23/h4,7-11,19-20H,2-3,5,16H2,1H3,(H,22,23)/t7?,8-,9+,10?,11+/m1/s1. The number of hydrogen-bond donors (Lipinski definition) is 4. The highest BCUT2D eigenvalue weighted by Gasteiger charge is 2.45. The van der Waals surface area contributed by atoms with E-state index in [0.29, 0.717) is 0 Å². The van der Waals surface area contributed by atoms with Gasteiger partial charge >= 0.3 is 11.7 Å². The summed E-state index contributed by atoms with van der Waals surface area (Å²) in [5, 5.41) is 27.6. The minimum Gasteiger partial charge on any atom is -0.480 e. The van der Waals surface area contributed by atoms with Gasteiger partial charge in [0, 0.05) is 19.8 Å². The van der Waals surface area contributed by atoms with Gasteiger partial charge in [0.2, 0.25) is 0 Å². The highest BCUT2D eigenvalue weighted by molar-refractivity contribution is 5.72. The quantitative estimate of drug-likeness (QED) is 0.432. The molecule has 11 heteroatoms. The number of aliphatic hydroxyl groups is 2. The van der Waals surface area contributed by atoms with Gasteiger partial charge < -0.3 is 30.4 Å². The molecule has 1 saturated heterocycles. The van der Waals surface area contributed by atoms with Crippen molar-refractivity contribution in [2.75, 3.05) is 6.61 Å². The van der Waals surface area contributed by atoms with Crippen molar-refractivity contribution >= 4 is 5.97 Å². The predicted molar refractivity (Wildman–Crippen MR) is 81.8 cm³/mol. The molecular formula is C14H20FN3O7. The molecule has 0 radical (unpaired) electrons. The Hall–Kier alpha value is -2.08. The number of carboxylic acids is 1. The van der Waals surface area contributed by atoms with Crippen LogP contribution in [0.3, 0.4) is 0 Å². The zero-order chi connectivity index (χ0) is 18.9. The van der Waals surface area contributed by atoms with E-state index in [1.807, 2.05) is 0 Å². The number of aromatic nitrogens is 2. The summed E-state index contributed by atoms with van der Waals surface area (Å²) in [5.74, 6) is -1.28. The van der Waals surface area contributed by atoms with Gasteiger partial charge in [-0.3, -0.25) is 14.2 Å². The molecule has 5 atom stereocenters. The summed E-state index contributed by atoms with van der Waals surface area (Å²) in [6.45, 7) is -0.909. The van der Waals surface area contributed by atoms with Crippen LogP contribution in [0.15, 0.2) is 15.8 Å². The van der Waals surface area contributed by atoms with E-state index in [2.05, 4.69) is 0 Å². The molecule has 1 fully saturated rings. The van der Waals surface area contributed by atoms with E-state index in [0.717, 1.165) is 15.3 Å². The molecule has 2 rings (SSSR count). The van der Waals surface area contributed by atoms with Crippen molar-refractivity contribution < 1.29 is 29.2 Å². The van der Waals surface area contributed by atoms with Crippen LogP contribution in [0.5, 0.6) is 0 Å². The van der Waals surface area contributed by atoms with Crippen molar-refractivity contribution in [2.45, 2.75) is 43.5 Å². The molecule has 0 saturated carbocycles. The van der Waals surface area contributed by atoms with Crippen molar-refractivity contribution in [3.05, 3.63) is 32.6 Å². The zero-order valence-electron chi connectivity index (χ0n) is 13.4. The number of nitrogens with zero attached hydrogens (tertiary/aromatic N) is 2. The van der Waals surface area contributed by atoms with E-state index in [4.69, 9.17) is 20.7 Å². The lowest BCUT2D eigenvalue weighted by atomic mass is 10.0. The number of carboxylic acid groups (broad SMARTS) is 1. The lowest BCUT2D eigenvalue weighted by Gasteiger charge is -2.16. The molecule has 0 amide bonds. The average Bonchev–Trinajstić information content (AvgIpc) is 2.85. The number of nitrogens with two attached hydrogens (primary N) is 1. The Bertz CT molecular complexity index is 762. The van der Waals surface area contributed by atoms with Gasteiger partial charge in [-0.1, -0.05) is 0 Å². The fraction of sp³-hybridized carbons (Fsp3) is 0.643. The number of halogens is 1. The molecule has 2 unspecified atom stereocenters. The Kier molecular flexibility index (Phi) is 5.72. The molecule has 1 aliphatic rings. The maximum Gasteiger partial charge on any atom is 0.330 e. The molecule has 0 aromatic carbocycles. The molecule has 1 aliphatic heterocycles. The minimum absolute atomic E-state index is 0.180. The van der Waals surface area contributed by atoms with E-state index in [1.165, 1.54) is 7.05 Å². The van der Waals surface area contributed by atoms with Gasteiger partial charge in [-0.05, 0) is 6.42 Å². The molecule has 140 valence electrons. The number of aliphatic hydroxyl groups excluding tert-OH is 2. The summed E-state index contributed by atoms with van der Waals surface area (Å²) in [6.07, 6.45) is -5.29. The number of hydrogen-bond acceptors (Lipinski definition) is 7. The highest BCUT2D eigenvalue weighted by atomic mass is 19.1. The van der Waals surface area contributed by atoms with Gasteiger partial charge in [-0.25, -0.2) is 9.18 Å². The normalized spacial score (nSPS) is 27.4. The lowest BCUT2D eigenvalue weighted by molar-refractivity contribution is -0.138. The number of aliphatic carboxylic acids is 1. The number of alkyl halides is 1. The first kappa shape index (κ1) is 19.2. The van der Waals surface area contributed by atoms with E-state index >= 15 is 0 Å². The van der Waals surface area contributed by atoms with Crippen molar-refractivity contribution in [3.8, 4) is 0 Å². The summed E-state index contributed by atoms with van der Waals surface area (Å²) in [4.78, 5) is 35.4. The molecule has 0 bridgehead atoms. The molecule has 1 aromatic heterocycles. The fourth-order valence-electron chi connectivity index (χ4n) is 2.66. The summed E-state index contributed by atoms with van der Waals surface area (Å²) >= 11 is 0. The second-order valence-corrected chi connectivity index (χ2v) is 5.88. The maximum atomic E-state index is 14.2. The topological polar surface area (TPSA) is 157 Å². The third-order valence-corrected chi connectivity index (χ3v) is 4.14. The fourth-order valence-corrected chi connectivity index (χ4v) is 2.66. The van der Waals surface area contributed by atoms with Gasteiger partial charge in [-0.15, -0.1) is 0 Å². The molecular weight excluding hydrogens is 341 g/mol. The van der Waals surface area contributed by atoms with Crippen LogP contribution in [-0.4, -0.2) is 61.5 Å². The second-order valence-electron chi connectivity index (χ2n) is 5.88. The van der Waals surface area contributed by atoms with Crippen LogP contribution in [0, 0.1) is 0 Å². The van der Waals surface area contributed by atoms with E-state index < -0.39 is 54.4 Å². The van der Waals surface area contributed by atoms with Gasteiger partial charge in [-0.2, -0.15) is 0 Å². The number of carbonyl (C=O) groups is 1. The van der Waals surface area contributed by atoms with Crippen LogP contribution in [0.4, 0.5) is 4.39 Å². The van der Waals surface area contributed by atoms with Crippen molar-refractivity contribution in [2.24, 2.45) is 12.8 Å².